The quantitative estimate of drug-likeness (QED) is 0.875. The van der Waals surface area contributed by atoms with Crippen LogP contribution in [0.2, 0.25) is 0 Å². The minimum atomic E-state index is -3.50. The Morgan fingerprint density at radius 1 is 1.00 bits per heavy atom. The predicted molar refractivity (Wildman–Crippen MR) is 90.4 cm³/mol. The minimum Gasteiger partial charge on any atom is -0.207 e. The lowest BCUT2D eigenvalue weighted by Crippen LogP contribution is -2.26. The van der Waals surface area contributed by atoms with Gasteiger partial charge in [0.25, 0.3) is 0 Å². The molecule has 0 radical (unpaired) electrons. The van der Waals surface area contributed by atoms with E-state index < -0.39 is 10.0 Å². The van der Waals surface area contributed by atoms with Gasteiger partial charge in [-0.15, -0.1) is 0 Å². The first-order chi connectivity index (χ1) is 10.4. The van der Waals surface area contributed by atoms with Crippen LogP contribution in [-0.2, 0) is 16.4 Å². The van der Waals surface area contributed by atoms with Crippen molar-refractivity contribution in [1.82, 2.24) is 4.72 Å². The lowest BCUT2D eigenvalue weighted by Gasteiger charge is -2.15. The highest BCUT2D eigenvalue weighted by molar-refractivity contribution is 7.89. The maximum Gasteiger partial charge on any atom is 0.241 e. The van der Waals surface area contributed by atoms with Crippen molar-refractivity contribution in [2.45, 2.75) is 44.6 Å². The van der Waals surface area contributed by atoms with E-state index in [-0.39, 0.29) is 6.04 Å². The fourth-order valence-electron chi connectivity index (χ4n) is 2.35. The van der Waals surface area contributed by atoms with E-state index in [2.05, 4.69) is 11.6 Å². The highest BCUT2D eigenvalue weighted by Crippen LogP contribution is 2.18. The molecule has 2 rings (SSSR count). The average Bonchev–Trinajstić information content (AvgIpc) is 2.48. The molecule has 0 bridgehead atoms. The molecular formula is C18H23NO2S. The number of aryl methyl sites for hydroxylation is 2. The normalized spacial score (nSPS) is 13.0. The van der Waals surface area contributed by atoms with Crippen molar-refractivity contribution in [3.05, 3.63) is 65.2 Å². The molecule has 0 saturated carbocycles. The number of hydrogen-bond donors (Lipinski definition) is 1. The van der Waals surface area contributed by atoms with Crippen LogP contribution in [0.5, 0.6) is 0 Å². The van der Waals surface area contributed by atoms with Gasteiger partial charge in [-0.1, -0.05) is 55.3 Å². The summed E-state index contributed by atoms with van der Waals surface area (Å²) in [4.78, 5) is 0.311. The van der Waals surface area contributed by atoms with Crippen molar-refractivity contribution < 1.29 is 8.42 Å². The molecule has 118 valence electrons. The number of nitrogens with one attached hydrogen (secondary N) is 1. The molecule has 2 aromatic carbocycles. The maximum absolute atomic E-state index is 12.4. The summed E-state index contributed by atoms with van der Waals surface area (Å²) < 4.78 is 27.6. The second kappa shape index (κ2) is 7.07. The molecule has 4 heteroatoms. The largest absolute Gasteiger partial charge is 0.241 e. The van der Waals surface area contributed by atoms with E-state index in [0.29, 0.717) is 4.90 Å². The van der Waals surface area contributed by atoms with Crippen molar-refractivity contribution in [2.24, 2.45) is 0 Å². The number of rotatable bonds is 6. The molecule has 0 saturated heterocycles. The van der Waals surface area contributed by atoms with Gasteiger partial charge in [-0.25, -0.2) is 13.1 Å². The van der Waals surface area contributed by atoms with Gasteiger partial charge in [-0.2, -0.15) is 0 Å². The van der Waals surface area contributed by atoms with Crippen LogP contribution in [0.4, 0.5) is 0 Å². The first-order valence-corrected chi connectivity index (χ1v) is 9.08. The maximum atomic E-state index is 12.4. The van der Waals surface area contributed by atoms with Gasteiger partial charge in [0.1, 0.15) is 0 Å². The van der Waals surface area contributed by atoms with Gasteiger partial charge in [0.15, 0.2) is 0 Å². The number of benzene rings is 2. The number of sulfonamides is 1. The second-order valence-corrected chi connectivity index (χ2v) is 7.36. The monoisotopic (exact) mass is 317 g/mol. The number of hydrogen-bond acceptors (Lipinski definition) is 2. The van der Waals surface area contributed by atoms with Crippen LogP contribution in [0.3, 0.4) is 0 Å². The Hall–Kier alpha value is -1.65. The van der Waals surface area contributed by atoms with Crippen LogP contribution in [0, 0.1) is 6.92 Å². The van der Waals surface area contributed by atoms with E-state index in [1.165, 1.54) is 0 Å². The third kappa shape index (κ3) is 4.18. The molecule has 1 unspecified atom stereocenters. The molecule has 0 aliphatic carbocycles. The molecule has 0 amide bonds. The standard InChI is InChI=1S/C18H23NO2S/c1-4-5-16-8-12-18(13-9-16)22(20,21)19-15(3)17-10-6-14(2)7-11-17/h6-13,15,19H,4-5H2,1-3H3. The van der Waals surface area contributed by atoms with Gasteiger partial charge in [0.05, 0.1) is 4.90 Å². The van der Waals surface area contributed by atoms with E-state index >= 15 is 0 Å². The first kappa shape index (κ1) is 16.7. The molecule has 1 atom stereocenters. The zero-order chi connectivity index (χ0) is 16.2. The topological polar surface area (TPSA) is 46.2 Å². The second-order valence-electron chi connectivity index (χ2n) is 5.65. The molecular weight excluding hydrogens is 294 g/mol. The van der Waals surface area contributed by atoms with Crippen molar-refractivity contribution in [2.75, 3.05) is 0 Å². The van der Waals surface area contributed by atoms with Crippen LogP contribution in [0.25, 0.3) is 0 Å². The van der Waals surface area contributed by atoms with Crippen LogP contribution >= 0.6 is 0 Å². The summed E-state index contributed by atoms with van der Waals surface area (Å²) in [6, 6.07) is 14.7. The highest BCUT2D eigenvalue weighted by atomic mass is 32.2. The van der Waals surface area contributed by atoms with Crippen LogP contribution < -0.4 is 4.72 Å². The van der Waals surface area contributed by atoms with Gasteiger partial charge < -0.3 is 0 Å². The minimum absolute atomic E-state index is 0.263. The van der Waals surface area contributed by atoms with Crippen molar-refractivity contribution in [3.8, 4) is 0 Å². The fraction of sp³-hybridized carbons (Fsp3) is 0.333. The Morgan fingerprint density at radius 3 is 2.14 bits per heavy atom. The first-order valence-electron chi connectivity index (χ1n) is 7.60. The van der Waals surface area contributed by atoms with Crippen LogP contribution in [0.15, 0.2) is 53.4 Å². The van der Waals surface area contributed by atoms with E-state index in [9.17, 15) is 8.42 Å². The Bertz CT molecular complexity index is 704. The molecule has 0 spiro atoms. The Labute approximate surface area is 133 Å². The summed E-state index contributed by atoms with van der Waals surface area (Å²) in [6.45, 7) is 5.97. The van der Waals surface area contributed by atoms with E-state index in [0.717, 1.165) is 29.5 Å². The summed E-state index contributed by atoms with van der Waals surface area (Å²) in [6.07, 6.45) is 2.02. The van der Waals surface area contributed by atoms with Gasteiger partial charge in [-0.05, 0) is 43.5 Å². The lowest BCUT2D eigenvalue weighted by molar-refractivity contribution is 0.567. The predicted octanol–water partition coefficient (Wildman–Crippen LogP) is 3.99. The van der Waals surface area contributed by atoms with E-state index in [1.807, 2.05) is 50.2 Å². The zero-order valence-electron chi connectivity index (χ0n) is 13.3. The van der Waals surface area contributed by atoms with Gasteiger partial charge in [0, 0.05) is 6.04 Å². The molecule has 1 N–H and O–H groups in total. The molecule has 0 aromatic heterocycles. The summed E-state index contributed by atoms with van der Waals surface area (Å²) >= 11 is 0. The van der Waals surface area contributed by atoms with Crippen molar-refractivity contribution in [1.29, 1.82) is 0 Å². The average molecular weight is 317 g/mol. The van der Waals surface area contributed by atoms with E-state index in [4.69, 9.17) is 0 Å². The molecule has 3 nitrogen and oxygen atoms in total. The fourth-order valence-corrected chi connectivity index (χ4v) is 3.58. The lowest BCUT2D eigenvalue weighted by atomic mass is 10.1. The molecule has 0 fully saturated rings. The van der Waals surface area contributed by atoms with Crippen molar-refractivity contribution in [3.63, 3.8) is 0 Å². The third-order valence-electron chi connectivity index (χ3n) is 3.68. The summed E-state index contributed by atoms with van der Waals surface area (Å²) in [5.74, 6) is 0. The van der Waals surface area contributed by atoms with Gasteiger partial charge >= 0.3 is 0 Å². The summed E-state index contributed by atoms with van der Waals surface area (Å²) in [5, 5.41) is 0. The third-order valence-corrected chi connectivity index (χ3v) is 5.24. The molecule has 0 aliphatic rings. The highest BCUT2D eigenvalue weighted by Gasteiger charge is 2.18. The Kier molecular flexibility index (Phi) is 5.37. The molecule has 2 aromatic rings. The zero-order valence-corrected chi connectivity index (χ0v) is 14.2. The van der Waals surface area contributed by atoms with Gasteiger partial charge in [-0.3, -0.25) is 0 Å². The van der Waals surface area contributed by atoms with Gasteiger partial charge in [0.2, 0.25) is 10.0 Å². The van der Waals surface area contributed by atoms with Crippen LogP contribution in [-0.4, -0.2) is 8.42 Å². The SMILES string of the molecule is CCCc1ccc(S(=O)(=O)NC(C)c2ccc(C)cc2)cc1. The van der Waals surface area contributed by atoms with Crippen molar-refractivity contribution >= 4 is 10.0 Å². The smallest absolute Gasteiger partial charge is 0.207 e. The summed E-state index contributed by atoms with van der Waals surface area (Å²) in [7, 11) is -3.50. The van der Waals surface area contributed by atoms with Crippen LogP contribution in [0.1, 0.15) is 43.0 Å². The summed E-state index contributed by atoms with van der Waals surface area (Å²) in [5.41, 5.74) is 3.27. The van der Waals surface area contributed by atoms with E-state index in [1.54, 1.807) is 12.1 Å². The molecule has 0 aliphatic heterocycles. The Balaban J connectivity index is 2.14. The molecule has 22 heavy (non-hydrogen) atoms. The Morgan fingerprint density at radius 2 is 1.59 bits per heavy atom. The molecule has 0 heterocycles.